The molecule has 2 aromatic carbocycles. The standard InChI is InChI=1S/C20H16N3O.Li/c1-3-15-20(24-4-2,16-14-17-10-6-5-7-11-17)23-19-13-9-8-12-18(19)21-22-23;/h5-13H,4,15H2,2H3;/q-1;+1. The van der Waals surface area contributed by atoms with Crippen LogP contribution in [0, 0.1) is 24.2 Å². The van der Waals surface area contributed by atoms with Gasteiger partial charge in [-0.2, -0.15) is 0 Å². The van der Waals surface area contributed by atoms with Gasteiger partial charge in [0, 0.05) is 18.6 Å². The second-order valence-corrected chi connectivity index (χ2v) is 5.18. The molecular formula is C20H16LiN3O. The first-order valence-corrected chi connectivity index (χ1v) is 7.72. The Bertz CT molecular complexity index is 934. The smallest absolute Gasteiger partial charge is 0.693 e. The van der Waals surface area contributed by atoms with Crippen molar-refractivity contribution in [1.82, 2.24) is 15.0 Å². The van der Waals surface area contributed by atoms with Crippen LogP contribution in [-0.4, -0.2) is 21.6 Å². The number of hydrogen-bond donors (Lipinski definition) is 0. The van der Waals surface area contributed by atoms with E-state index in [2.05, 4.69) is 28.1 Å². The predicted molar refractivity (Wildman–Crippen MR) is 92.2 cm³/mol. The van der Waals surface area contributed by atoms with Crippen molar-refractivity contribution in [3.8, 4) is 17.8 Å². The van der Waals surface area contributed by atoms with E-state index < -0.39 is 5.72 Å². The largest absolute Gasteiger partial charge is 1.00 e. The molecule has 3 aromatic rings. The summed E-state index contributed by atoms with van der Waals surface area (Å²) in [7, 11) is 0. The summed E-state index contributed by atoms with van der Waals surface area (Å²) in [5.74, 6) is 8.69. The van der Waals surface area contributed by atoms with E-state index in [4.69, 9.17) is 11.2 Å². The van der Waals surface area contributed by atoms with Crippen LogP contribution in [0.1, 0.15) is 18.9 Å². The molecular weight excluding hydrogens is 305 g/mol. The van der Waals surface area contributed by atoms with Crippen LogP contribution in [0.4, 0.5) is 0 Å². The van der Waals surface area contributed by atoms with Crippen LogP contribution in [0.2, 0.25) is 0 Å². The molecule has 0 aliphatic carbocycles. The van der Waals surface area contributed by atoms with Crippen LogP contribution < -0.4 is 18.9 Å². The van der Waals surface area contributed by atoms with Gasteiger partial charge in [0.25, 0.3) is 0 Å². The molecule has 0 aliphatic heterocycles. The second-order valence-electron chi connectivity index (χ2n) is 5.18. The topological polar surface area (TPSA) is 39.9 Å². The van der Waals surface area contributed by atoms with Crippen molar-refractivity contribution < 1.29 is 23.6 Å². The fourth-order valence-corrected chi connectivity index (χ4v) is 2.51. The first-order valence-electron chi connectivity index (χ1n) is 7.72. The van der Waals surface area contributed by atoms with Crippen molar-refractivity contribution in [3.05, 3.63) is 66.6 Å². The number of aromatic nitrogens is 3. The van der Waals surface area contributed by atoms with Gasteiger partial charge in [-0.1, -0.05) is 41.5 Å². The molecule has 4 nitrogen and oxygen atoms in total. The maximum absolute atomic E-state index is 7.47. The van der Waals surface area contributed by atoms with E-state index in [-0.39, 0.29) is 25.3 Å². The number of ether oxygens (including phenoxy) is 1. The Balaban J connectivity index is 0.00000225. The first kappa shape index (κ1) is 18.9. The van der Waals surface area contributed by atoms with Crippen molar-refractivity contribution in [2.24, 2.45) is 0 Å². The van der Waals surface area contributed by atoms with Gasteiger partial charge in [-0.25, -0.2) is 4.68 Å². The summed E-state index contributed by atoms with van der Waals surface area (Å²) in [6.45, 7) is 2.32. The first-order chi connectivity index (χ1) is 11.8. The van der Waals surface area contributed by atoms with Gasteiger partial charge in [0.2, 0.25) is 5.72 Å². The van der Waals surface area contributed by atoms with E-state index in [0.29, 0.717) is 6.61 Å². The Labute approximate surface area is 159 Å². The van der Waals surface area contributed by atoms with E-state index in [1.165, 1.54) is 0 Å². The zero-order valence-corrected chi connectivity index (χ0v) is 14.4. The van der Waals surface area contributed by atoms with Gasteiger partial charge in [-0.3, -0.25) is 0 Å². The summed E-state index contributed by atoms with van der Waals surface area (Å²) in [5.41, 5.74) is 1.33. The average Bonchev–Trinajstić information content (AvgIpc) is 3.06. The fraction of sp³-hybridized carbons (Fsp3) is 0.200. The molecule has 0 amide bonds. The average molecular weight is 321 g/mol. The van der Waals surface area contributed by atoms with Gasteiger partial charge < -0.3 is 17.1 Å². The summed E-state index contributed by atoms with van der Waals surface area (Å²) in [5, 5.41) is 8.41. The minimum atomic E-state index is -1.11. The van der Waals surface area contributed by atoms with Crippen molar-refractivity contribution in [2.45, 2.75) is 19.1 Å². The molecule has 25 heavy (non-hydrogen) atoms. The number of rotatable bonds is 4. The number of nitrogens with zero attached hydrogens (tertiary/aromatic N) is 3. The number of benzene rings is 2. The molecule has 3 rings (SSSR count). The number of para-hydroxylation sites is 1. The summed E-state index contributed by atoms with van der Waals surface area (Å²) < 4.78 is 7.59. The van der Waals surface area contributed by atoms with E-state index >= 15 is 0 Å². The Morgan fingerprint density at radius 3 is 2.56 bits per heavy atom. The minimum absolute atomic E-state index is 0. The van der Waals surface area contributed by atoms with Crippen LogP contribution in [0.3, 0.4) is 0 Å². The third-order valence-electron chi connectivity index (χ3n) is 3.58. The normalized spacial score (nSPS) is 12.3. The third-order valence-corrected chi connectivity index (χ3v) is 3.58. The molecule has 0 radical (unpaired) electrons. The maximum Gasteiger partial charge on any atom is 1.00 e. The van der Waals surface area contributed by atoms with Crippen LogP contribution in [0.15, 0.2) is 54.6 Å². The van der Waals surface area contributed by atoms with Gasteiger partial charge in [-0.15, -0.1) is 5.10 Å². The Morgan fingerprint density at radius 2 is 1.84 bits per heavy atom. The predicted octanol–water partition coefficient (Wildman–Crippen LogP) is 0.156. The van der Waals surface area contributed by atoms with Crippen molar-refractivity contribution in [3.63, 3.8) is 0 Å². The molecule has 0 aliphatic rings. The van der Waals surface area contributed by atoms with Crippen LogP contribution >= 0.6 is 0 Å². The molecule has 5 heteroatoms. The summed E-state index contributed by atoms with van der Waals surface area (Å²) >= 11 is 0. The monoisotopic (exact) mass is 321 g/mol. The fourth-order valence-electron chi connectivity index (χ4n) is 2.51. The van der Waals surface area contributed by atoms with E-state index in [0.717, 1.165) is 16.6 Å². The van der Waals surface area contributed by atoms with Crippen LogP contribution in [-0.2, 0) is 10.5 Å². The molecule has 0 fully saturated rings. The summed E-state index contributed by atoms with van der Waals surface area (Å²) in [6.07, 6.45) is 7.63. The Morgan fingerprint density at radius 1 is 1.12 bits per heavy atom. The zero-order valence-electron chi connectivity index (χ0n) is 14.4. The minimum Gasteiger partial charge on any atom is -0.693 e. The van der Waals surface area contributed by atoms with Gasteiger partial charge in [-0.05, 0) is 37.1 Å². The zero-order chi connectivity index (χ0) is 16.8. The van der Waals surface area contributed by atoms with E-state index in [9.17, 15) is 0 Å². The Kier molecular flexibility index (Phi) is 6.46. The van der Waals surface area contributed by atoms with E-state index in [1.54, 1.807) is 4.68 Å². The van der Waals surface area contributed by atoms with Crippen LogP contribution in [0.5, 0.6) is 0 Å². The summed E-state index contributed by atoms with van der Waals surface area (Å²) in [4.78, 5) is 0. The molecule has 1 unspecified atom stereocenters. The molecule has 0 spiro atoms. The molecule has 1 heterocycles. The Hall–Kier alpha value is -2.48. The molecule has 118 valence electrons. The third kappa shape index (κ3) is 3.96. The molecule has 0 saturated heterocycles. The molecule has 1 aromatic heterocycles. The van der Waals surface area contributed by atoms with Gasteiger partial charge in [0.1, 0.15) is 5.52 Å². The number of fused-ring (bicyclic) bond motifs is 1. The van der Waals surface area contributed by atoms with Crippen LogP contribution in [0.25, 0.3) is 11.0 Å². The maximum atomic E-state index is 7.47. The second kappa shape index (κ2) is 8.57. The van der Waals surface area contributed by atoms with Crippen molar-refractivity contribution >= 4 is 11.0 Å². The quantitative estimate of drug-likeness (QED) is 0.390. The van der Waals surface area contributed by atoms with Crippen molar-refractivity contribution in [1.29, 1.82) is 0 Å². The van der Waals surface area contributed by atoms with Gasteiger partial charge >= 0.3 is 18.9 Å². The van der Waals surface area contributed by atoms with Gasteiger partial charge in [0.05, 0.1) is 5.52 Å². The SMILES string of the molecule is [C-]#CCC(C#Cc1ccccc1)(OCC)n1nnc2ccccc21.[Li+]. The number of hydrogen-bond acceptors (Lipinski definition) is 3. The summed E-state index contributed by atoms with van der Waals surface area (Å²) in [6, 6.07) is 17.3. The molecule has 0 saturated carbocycles. The van der Waals surface area contributed by atoms with Gasteiger partial charge in [0.15, 0.2) is 0 Å². The molecule has 0 bridgehead atoms. The van der Waals surface area contributed by atoms with E-state index in [1.807, 2.05) is 61.5 Å². The molecule has 1 atom stereocenters. The van der Waals surface area contributed by atoms with Crippen molar-refractivity contribution in [2.75, 3.05) is 6.61 Å². The molecule has 0 N–H and O–H groups in total.